The molecule has 2 atom stereocenters. The predicted molar refractivity (Wildman–Crippen MR) is 53.9 cm³/mol. The van der Waals surface area contributed by atoms with Crippen molar-refractivity contribution in [3.05, 3.63) is 17.5 Å². The molecule has 1 aromatic rings. The van der Waals surface area contributed by atoms with Gasteiger partial charge in [0.25, 0.3) is 5.91 Å². The average molecular weight is 227 g/mol. The van der Waals surface area contributed by atoms with Crippen molar-refractivity contribution in [1.82, 2.24) is 15.5 Å². The summed E-state index contributed by atoms with van der Waals surface area (Å²) < 4.78 is 0. The first-order chi connectivity index (χ1) is 7.41. The number of nitrogens with zero attached hydrogens (tertiary/aromatic N) is 1. The Hall–Kier alpha value is -1.89. The van der Waals surface area contributed by atoms with Crippen LogP contribution in [0.15, 0.2) is 6.07 Å². The number of aromatic nitrogens is 2. The number of amides is 1. The lowest BCUT2D eigenvalue weighted by atomic mass is 10.2. The lowest BCUT2D eigenvalue weighted by Gasteiger charge is -2.15. The van der Waals surface area contributed by atoms with Crippen molar-refractivity contribution in [3.63, 3.8) is 0 Å². The van der Waals surface area contributed by atoms with Gasteiger partial charge in [-0.1, -0.05) is 0 Å². The zero-order valence-electron chi connectivity index (χ0n) is 8.89. The number of H-pyrrole nitrogens is 1. The predicted octanol–water partition coefficient (Wildman–Crippen LogP) is -0.718. The quantitative estimate of drug-likeness (QED) is 0.542. The molecule has 0 aromatic carbocycles. The fraction of sp³-hybridized carbons (Fsp3) is 0.444. The Bertz CT molecular complexity index is 399. The maximum absolute atomic E-state index is 11.5. The third-order valence-corrected chi connectivity index (χ3v) is 1.97. The Morgan fingerprint density at radius 1 is 1.56 bits per heavy atom. The van der Waals surface area contributed by atoms with Crippen molar-refractivity contribution in [2.24, 2.45) is 0 Å². The summed E-state index contributed by atoms with van der Waals surface area (Å²) in [5, 5.41) is 26.3. The summed E-state index contributed by atoms with van der Waals surface area (Å²) in [6.07, 6.45) is -1.18. The highest BCUT2D eigenvalue weighted by molar-refractivity contribution is 5.95. The van der Waals surface area contributed by atoms with Crippen LogP contribution in [-0.4, -0.2) is 44.4 Å². The Morgan fingerprint density at radius 3 is 2.56 bits per heavy atom. The summed E-state index contributed by atoms with van der Waals surface area (Å²) in [6, 6.07) is 0.139. The number of carbonyl (C=O) groups is 2. The number of rotatable bonds is 4. The van der Waals surface area contributed by atoms with Crippen LogP contribution in [0.25, 0.3) is 0 Å². The monoisotopic (exact) mass is 227 g/mol. The molecular weight excluding hydrogens is 214 g/mol. The van der Waals surface area contributed by atoms with E-state index in [2.05, 4.69) is 15.5 Å². The molecule has 16 heavy (non-hydrogen) atoms. The molecule has 0 saturated heterocycles. The number of carboxylic acid groups (broad SMARTS) is 1. The van der Waals surface area contributed by atoms with E-state index >= 15 is 0 Å². The number of aliphatic hydroxyl groups excluding tert-OH is 1. The summed E-state index contributed by atoms with van der Waals surface area (Å²) in [5.74, 6) is -1.94. The molecule has 0 bridgehead atoms. The average Bonchev–Trinajstić information content (AvgIpc) is 2.59. The maximum atomic E-state index is 11.5. The second-order valence-electron chi connectivity index (χ2n) is 3.47. The summed E-state index contributed by atoms with van der Waals surface area (Å²) in [6.45, 7) is 3.00. The minimum atomic E-state index is -1.34. The first-order valence-corrected chi connectivity index (χ1v) is 4.65. The van der Waals surface area contributed by atoms with Crippen molar-refractivity contribution >= 4 is 11.9 Å². The molecule has 1 heterocycles. The third kappa shape index (κ3) is 2.80. The van der Waals surface area contributed by atoms with E-state index in [1.807, 2.05) is 0 Å². The summed E-state index contributed by atoms with van der Waals surface area (Å²) in [7, 11) is 0. The van der Waals surface area contributed by atoms with Crippen LogP contribution in [0.5, 0.6) is 0 Å². The van der Waals surface area contributed by atoms with E-state index in [-0.39, 0.29) is 5.69 Å². The van der Waals surface area contributed by atoms with E-state index < -0.39 is 24.0 Å². The van der Waals surface area contributed by atoms with Crippen LogP contribution in [-0.2, 0) is 4.79 Å². The number of hydrogen-bond acceptors (Lipinski definition) is 4. The summed E-state index contributed by atoms with van der Waals surface area (Å²) in [4.78, 5) is 22.2. The number of aromatic amines is 1. The van der Waals surface area contributed by atoms with Crippen molar-refractivity contribution in [2.45, 2.75) is 26.0 Å². The molecule has 0 aliphatic heterocycles. The molecule has 4 N–H and O–H groups in total. The molecule has 0 radical (unpaired) electrons. The lowest BCUT2D eigenvalue weighted by molar-refractivity contribution is -0.141. The van der Waals surface area contributed by atoms with Crippen molar-refractivity contribution in [2.75, 3.05) is 0 Å². The Morgan fingerprint density at radius 2 is 2.19 bits per heavy atom. The third-order valence-electron chi connectivity index (χ3n) is 1.97. The molecule has 1 rings (SSSR count). The molecule has 0 spiro atoms. The highest BCUT2D eigenvalue weighted by Gasteiger charge is 2.26. The fourth-order valence-electron chi connectivity index (χ4n) is 1.14. The van der Waals surface area contributed by atoms with E-state index in [1.54, 1.807) is 6.92 Å². The molecule has 0 aliphatic rings. The van der Waals surface area contributed by atoms with Gasteiger partial charge < -0.3 is 15.5 Å². The van der Waals surface area contributed by atoms with Gasteiger partial charge in [0.15, 0.2) is 6.04 Å². The molecule has 0 fully saturated rings. The van der Waals surface area contributed by atoms with Crippen molar-refractivity contribution in [3.8, 4) is 0 Å². The topological polar surface area (TPSA) is 115 Å². The number of carbonyl (C=O) groups excluding carboxylic acids is 1. The van der Waals surface area contributed by atoms with Crippen LogP contribution in [0.3, 0.4) is 0 Å². The minimum absolute atomic E-state index is 0.0874. The molecule has 88 valence electrons. The summed E-state index contributed by atoms with van der Waals surface area (Å²) >= 11 is 0. The van der Waals surface area contributed by atoms with Crippen LogP contribution in [0, 0.1) is 6.92 Å². The maximum Gasteiger partial charge on any atom is 0.328 e. The lowest BCUT2D eigenvalue weighted by Crippen LogP contribution is -2.47. The standard InChI is InChI=1S/C9H13N3O4/c1-4-3-6(12-11-4)8(14)10-7(5(2)13)9(15)16/h3,5,7,13H,1-2H3,(H,10,14)(H,11,12)(H,15,16)/t5-,7+/m1/s1. The minimum Gasteiger partial charge on any atom is -0.480 e. The molecular formula is C9H13N3O4. The van der Waals surface area contributed by atoms with Gasteiger partial charge in [0.2, 0.25) is 0 Å². The van der Waals surface area contributed by atoms with Gasteiger partial charge in [-0.3, -0.25) is 9.89 Å². The second kappa shape index (κ2) is 4.75. The van der Waals surface area contributed by atoms with Crippen LogP contribution >= 0.6 is 0 Å². The highest BCUT2D eigenvalue weighted by atomic mass is 16.4. The largest absolute Gasteiger partial charge is 0.480 e. The van der Waals surface area contributed by atoms with Crippen LogP contribution in [0.1, 0.15) is 23.1 Å². The van der Waals surface area contributed by atoms with Gasteiger partial charge in [-0.15, -0.1) is 0 Å². The van der Waals surface area contributed by atoms with Crippen LogP contribution in [0.2, 0.25) is 0 Å². The number of aliphatic hydroxyl groups is 1. The van der Waals surface area contributed by atoms with Gasteiger partial charge in [-0.2, -0.15) is 5.10 Å². The number of hydrogen-bond donors (Lipinski definition) is 4. The van der Waals surface area contributed by atoms with E-state index in [0.29, 0.717) is 5.69 Å². The zero-order chi connectivity index (χ0) is 12.3. The molecule has 1 amide bonds. The molecule has 0 unspecified atom stereocenters. The molecule has 0 aliphatic carbocycles. The molecule has 1 aromatic heterocycles. The van der Waals surface area contributed by atoms with Crippen LogP contribution < -0.4 is 5.32 Å². The number of nitrogens with one attached hydrogen (secondary N) is 2. The first-order valence-electron chi connectivity index (χ1n) is 4.65. The normalized spacial score (nSPS) is 14.2. The zero-order valence-corrected chi connectivity index (χ0v) is 8.89. The van der Waals surface area contributed by atoms with Gasteiger partial charge in [-0.05, 0) is 19.9 Å². The van der Waals surface area contributed by atoms with E-state index in [9.17, 15) is 9.59 Å². The van der Waals surface area contributed by atoms with Gasteiger partial charge in [-0.25, -0.2) is 4.79 Å². The smallest absolute Gasteiger partial charge is 0.328 e. The van der Waals surface area contributed by atoms with Gasteiger partial charge in [0.05, 0.1) is 6.10 Å². The number of aryl methyl sites for hydroxylation is 1. The molecule has 0 saturated carbocycles. The van der Waals surface area contributed by atoms with Gasteiger partial charge >= 0.3 is 5.97 Å². The highest BCUT2D eigenvalue weighted by Crippen LogP contribution is 2.00. The fourth-order valence-corrected chi connectivity index (χ4v) is 1.14. The number of carboxylic acids is 1. The molecule has 7 heteroatoms. The SMILES string of the molecule is Cc1cc(C(=O)N[C@H](C(=O)O)[C@@H](C)O)n[nH]1. The van der Waals surface area contributed by atoms with E-state index in [0.717, 1.165) is 0 Å². The number of aliphatic carboxylic acids is 1. The van der Waals surface area contributed by atoms with Crippen LogP contribution in [0.4, 0.5) is 0 Å². The first kappa shape index (κ1) is 12.2. The summed E-state index contributed by atoms with van der Waals surface area (Å²) in [5.41, 5.74) is 0.776. The van der Waals surface area contributed by atoms with Crippen molar-refractivity contribution < 1.29 is 19.8 Å². The Kier molecular flexibility index (Phi) is 3.62. The Labute approximate surface area is 91.5 Å². The van der Waals surface area contributed by atoms with Gasteiger partial charge in [0, 0.05) is 5.69 Å². The van der Waals surface area contributed by atoms with E-state index in [1.165, 1.54) is 13.0 Å². The van der Waals surface area contributed by atoms with E-state index in [4.69, 9.17) is 10.2 Å². The van der Waals surface area contributed by atoms with Gasteiger partial charge in [0.1, 0.15) is 5.69 Å². The second-order valence-corrected chi connectivity index (χ2v) is 3.47. The Balaban J connectivity index is 2.73. The van der Waals surface area contributed by atoms with Crippen molar-refractivity contribution in [1.29, 1.82) is 0 Å². The molecule has 7 nitrogen and oxygen atoms in total.